The van der Waals surface area contributed by atoms with Crippen molar-refractivity contribution in [3.05, 3.63) is 0 Å². The zero-order chi connectivity index (χ0) is 11.7. The molecule has 0 saturated carbocycles. The minimum Gasteiger partial charge on any atom is -0.479 e. The number of rotatable bonds is 7. The van der Waals surface area contributed by atoms with E-state index in [0.717, 1.165) is 12.8 Å². The lowest BCUT2D eigenvalue weighted by Crippen LogP contribution is -2.38. The first-order valence-electron chi connectivity index (χ1n) is 4.97. The third kappa shape index (κ3) is 7.75. The van der Waals surface area contributed by atoms with Crippen LogP contribution in [-0.2, 0) is 9.63 Å². The zero-order valence-electron chi connectivity index (χ0n) is 9.08. The monoisotopic (exact) mass is 218 g/mol. The predicted octanol–water partition coefficient (Wildman–Crippen LogP) is 0.738. The van der Waals surface area contributed by atoms with Gasteiger partial charge in [-0.2, -0.15) is 0 Å². The zero-order valence-corrected chi connectivity index (χ0v) is 9.08. The largest absolute Gasteiger partial charge is 0.479 e. The smallest absolute Gasteiger partial charge is 0.338 e. The first kappa shape index (κ1) is 13.7. The van der Waals surface area contributed by atoms with Crippen LogP contribution in [-0.4, -0.2) is 30.3 Å². The quantitative estimate of drug-likeness (QED) is 0.550. The highest BCUT2D eigenvalue weighted by Gasteiger charge is 2.06. The van der Waals surface area contributed by atoms with E-state index in [1.165, 1.54) is 0 Å². The van der Waals surface area contributed by atoms with Crippen LogP contribution in [0.3, 0.4) is 0 Å². The molecular formula is C9H18N2O4. The molecule has 2 amide bonds. The van der Waals surface area contributed by atoms with Gasteiger partial charge in [0.2, 0.25) is 0 Å². The van der Waals surface area contributed by atoms with Crippen molar-refractivity contribution < 1.29 is 19.5 Å². The molecule has 0 radical (unpaired) electrons. The van der Waals surface area contributed by atoms with Gasteiger partial charge in [0, 0.05) is 6.54 Å². The number of hydroxylamine groups is 1. The second-order valence-corrected chi connectivity index (χ2v) is 3.18. The van der Waals surface area contributed by atoms with Crippen molar-refractivity contribution in [1.29, 1.82) is 0 Å². The van der Waals surface area contributed by atoms with Crippen LogP contribution in [0, 0.1) is 5.92 Å². The van der Waals surface area contributed by atoms with Crippen LogP contribution in [0.4, 0.5) is 4.79 Å². The van der Waals surface area contributed by atoms with Gasteiger partial charge in [0.05, 0.1) is 0 Å². The molecule has 15 heavy (non-hydrogen) atoms. The molecule has 0 saturated heterocycles. The number of carboxylic acids is 1. The topological polar surface area (TPSA) is 87.7 Å². The minimum atomic E-state index is -1.13. The third-order valence-electron chi connectivity index (χ3n) is 2.07. The number of hydrogen-bond donors (Lipinski definition) is 3. The second kappa shape index (κ2) is 8.05. The Morgan fingerprint density at radius 2 is 1.93 bits per heavy atom. The third-order valence-corrected chi connectivity index (χ3v) is 2.07. The fourth-order valence-corrected chi connectivity index (χ4v) is 1.01. The summed E-state index contributed by atoms with van der Waals surface area (Å²) in [6.45, 7) is 4.12. The SMILES string of the molecule is CCC(CC)CNC(=O)NOCC(=O)O. The molecule has 0 aliphatic rings. The number of carbonyl (C=O) groups excluding carboxylic acids is 1. The van der Waals surface area contributed by atoms with E-state index >= 15 is 0 Å². The van der Waals surface area contributed by atoms with Crippen molar-refractivity contribution in [2.45, 2.75) is 26.7 Å². The molecule has 0 bridgehead atoms. The summed E-state index contributed by atoms with van der Waals surface area (Å²) in [7, 11) is 0. The van der Waals surface area contributed by atoms with Gasteiger partial charge in [-0.1, -0.05) is 26.7 Å². The average Bonchev–Trinajstić information content (AvgIpc) is 2.18. The lowest BCUT2D eigenvalue weighted by Gasteiger charge is -2.13. The summed E-state index contributed by atoms with van der Waals surface area (Å²) >= 11 is 0. The van der Waals surface area contributed by atoms with Crippen molar-refractivity contribution >= 4 is 12.0 Å². The van der Waals surface area contributed by atoms with E-state index in [1.54, 1.807) is 0 Å². The van der Waals surface area contributed by atoms with Gasteiger partial charge in [0.25, 0.3) is 0 Å². The van der Waals surface area contributed by atoms with E-state index < -0.39 is 18.6 Å². The molecule has 88 valence electrons. The maximum Gasteiger partial charge on any atom is 0.338 e. The van der Waals surface area contributed by atoms with Gasteiger partial charge in [-0.25, -0.2) is 15.1 Å². The maximum absolute atomic E-state index is 11.0. The Kier molecular flexibility index (Phi) is 7.35. The van der Waals surface area contributed by atoms with Gasteiger partial charge in [-0.15, -0.1) is 0 Å². The molecule has 0 aliphatic heterocycles. The standard InChI is InChI=1S/C9H18N2O4/c1-3-7(4-2)5-10-9(14)11-15-6-8(12)13/h7H,3-6H2,1-2H3,(H,12,13)(H2,10,11,14). The lowest BCUT2D eigenvalue weighted by atomic mass is 10.0. The molecular weight excluding hydrogens is 200 g/mol. The first-order valence-corrected chi connectivity index (χ1v) is 4.97. The van der Waals surface area contributed by atoms with Gasteiger partial charge >= 0.3 is 12.0 Å². The summed E-state index contributed by atoms with van der Waals surface area (Å²) in [4.78, 5) is 25.5. The highest BCUT2D eigenvalue weighted by Crippen LogP contribution is 2.04. The molecule has 0 aliphatic carbocycles. The van der Waals surface area contributed by atoms with E-state index in [2.05, 4.69) is 24.0 Å². The molecule has 0 spiro atoms. The van der Waals surface area contributed by atoms with Crippen LogP contribution >= 0.6 is 0 Å². The Morgan fingerprint density at radius 1 is 1.33 bits per heavy atom. The maximum atomic E-state index is 11.0. The summed E-state index contributed by atoms with van der Waals surface area (Å²) < 4.78 is 0. The Labute approximate surface area is 88.9 Å². The lowest BCUT2D eigenvalue weighted by molar-refractivity contribution is -0.144. The average molecular weight is 218 g/mol. The Morgan fingerprint density at radius 3 is 2.40 bits per heavy atom. The van der Waals surface area contributed by atoms with Gasteiger partial charge < -0.3 is 10.4 Å². The number of hydrogen-bond acceptors (Lipinski definition) is 3. The molecule has 0 atom stereocenters. The number of nitrogens with one attached hydrogen (secondary N) is 2. The van der Waals surface area contributed by atoms with Crippen LogP contribution in [0.15, 0.2) is 0 Å². The number of amides is 2. The van der Waals surface area contributed by atoms with Crippen LogP contribution < -0.4 is 10.8 Å². The summed E-state index contributed by atoms with van der Waals surface area (Å²) in [6, 6.07) is -0.511. The minimum absolute atomic E-state index is 0.440. The molecule has 0 fully saturated rings. The van der Waals surface area contributed by atoms with Gasteiger partial charge in [0.15, 0.2) is 6.61 Å². The predicted molar refractivity (Wildman–Crippen MR) is 54.2 cm³/mol. The Bertz CT molecular complexity index is 204. The molecule has 0 heterocycles. The van der Waals surface area contributed by atoms with Crippen molar-refractivity contribution in [3.8, 4) is 0 Å². The van der Waals surface area contributed by atoms with E-state index in [9.17, 15) is 9.59 Å². The normalized spacial score (nSPS) is 10.1. The number of aliphatic carboxylic acids is 1. The van der Waals surface area contributed by atoms with Crippen LogP contribution in [0.2, 0.25) is 0 Å². The van der Waals surface area contributed by atoms with E-state index in [0.29, 0.717) is 12.5 Å². The second-order valence-electron chi connectivity index (χ2n) is 3.18. The van der Waals surface area contributed by atoms with Crippen molar-refractivity contribution in [2.75, 3.05) is 13.2 Å². The highest BCUT2D eigenvalue weighted by molar-refractivity contribution is 5.73. The first-order chi connectivity index (χ1) is 7.10. The van der Waals surface area contributed by atoms with Crippen LogP contribution in [0.1, 0.15) is 26.7 Å². The highest BCUT2D eigenvalue weighted by atomic mass is 16.7. The van der Waals surface area contributed by atoms with Crippen LogP contribution in [0.5, 0.6) is 0 Å². The number of carbonyl (C=O) groups is 2. The summed E-state index contributed by atoms with van der Waals surface area (Å²) in [5.74, 6) is -0.689. The summed E-state index contributed by atoms with van der Waals surface area (Å²) in [6.07, 6.45) is 1.99. The summed E-state index contributed by atoms with van der Waals surface area (Å²) in [5.41, 5.74) is 1.99. The van der Waals surface area contributed by atoms with Gasteiger partial charge in [-0.3, -0.25) is 4.84 Å². The van der Waals surface area contributed by atoms with E-state index in [1.807, 2.05) is 5.48 Å². The van der Waals surface area contributed by atoms with Crippen LogP contribution in [0.25, 0.3) is 0 Å². The van der Waals surface area contributed by atoms with Crippen molar-refractivity contribution in [3.63, 3.8) is 0 Å². The fourth-order valence-electron chi connectivity index (χ4n) is 1.01. The van der Waals surface area contributed by atoms with Crippen molar-refractivity contribution in [2.24, 2.45) is 5.92 Å². The van der Waals surface area contributed by atoms with E-state index in [4.69, 9.17) is 5.11 Å². The molecule has 6 heteroatoms. The molecule has 3 N–H and O–H groups in total. The fraction of sp³-hybridized carbons (Fsp3) is 0.778. The Hall–Kier alpha value is -1.30. The molecule has 0 unspecified atom stereocenters. The molecule has 0 aromatic heterocycles. The van der Waals surface area contributed by atoms with Crippen molar-refractivity contribution in [1.82, 2.24) is 10.8 Å². The number of urea groups is 1. The van der Waals surface area contributed by atoms with Gasteiger partial charge in [-0.05, 0) is 5.92 Å². The molecule has 0 aromatic rings. The van der Waals surface area contributed by atoms with E-state index in [-0.39, 0.29) is 0 Å². The molecule has 0 aromatic carbocycles. The Balaban J connectivity index is 3.52. The van der Waals surface area contributed by atoms with Gasteiger partial charge in [0.1, 0.15) is 0 Å². The summed E-state index contributed by atoms with van der Waals surface area (Å²) in [5, 5.41) is 10.8. The molecule has 6 nitrogen and oxygen atoms in total. The number of carboxylic acid groups (broad SMARTS) is 1. The molecule has 0 rings (SSSR count).